The third kappa shape index (κ3) is 5.14. The molecule has 1 aromatic carbocycles. The number of imidazole rings is 1. The molecule has 156 valence electrons. The molecule has 0 unspecified atom stereocenters. The van der Waals surface area contributed by atoms with E-state index in [0.29, 0.717) is 12.1 Å². The van der Waals surface area contributed by atoms with Gasteiger partial charge in [0.15, 0.2) is 0 Å². The summed E-state index contributed by atoms with van der Waals surface area (Å²) < 4.78 is 1.99. The van der Waals surface area contributed by atoms with Crippen molar-refractivity contribution < 1.29 is 9.59 Å². The third-order valence-corrected chi connectivity index (χ3v) is 6.10. The molecule has 0 atom stereocenters. The minimum absolute atomic E-state index is 0.0595. The van der Waals surface area contributed by atoms with Gasteiger partial charge >= 0.3 is 0 Å². The number of nitrogens with one attached hydrogen (secondary N) is 1. The Morgan fingerprint density at radius 1 is 1.07 bits per heavy atom. The maximum Gasteiger partial charge on any atom is 0.264 e. The normalized spacial score (nSPS) is 14.6. The summed E-state index contributed by atoms with van der Waals surface area (Å²) in [6, 6.07) is 11.4. The van der Waals surface area contributed by atoms with Gasteiger partial charge in [-0.2, -0.15) is 0 Å². The van der Waals surface area contributed by atoms with Crippen molar-refractivity contribution in [3.8, 4) is 0 Å². The van der Waals surface area contributed by atoms with Crippen molar-refractivity contribution in [3.63, 3.8) is 0 Å². The Bertz CT molecular complexity index is 946. The van der Waals surface area contributed by atoms with Crippen molar-refractivity contribution in [1.29, 1.82) is 0 Å². The zero-order valence-corrected chi connectivity index (χ0v) is 17.6. The summed E-state index contributed by atoms with van der Waals surface area (Å²) in [6.07, 6.45) is 5.44. The fourth-order valence-electron chi connectivity index (χ4n) is 3.51. The summed E-state index contributed by atoms with van der Waals surface area (Å²) in [6.45, 7) is 5.22. The van der Waals surface area contributed by atoms with Gasteiger partial charge in [0.1, 0.15) is 0 Å². The highest BCUT2D eigenvalue weighted by molar-refractivity contribution is 7.12. The second-order valence-corrected chi connectivity index (χ2v) is 8.25. The molecule has 0 radical (unpaired) electrons. The van der Waals surface area contributed by atoms with Gasteiger partial charge in [-0.15, -0.1) is 11.3 Å². The van der Waals surface area contributed by atoms with E-state index in [9.17, 15) is 9.59 Å². The second kappa shape index (κ2) is 9.69. The number of benzene rings is 1. The van der Waals surface area contributed by atoms with E-state index in [1.165, 1.54) is 11.3 Å². The first-order chi connectivity index (χ1) is 14.7. The van der Waals surface area contributed by atoms with E-state index < -0.39 is 0 Å². The molecule has 2 aromatic heterocycles. The lowest BCUT2D eigenvalue weighted by molar-refractivity contribution is 0.0643. The molecule has 30 heavy (non-hydrogen) atoms. The van der Waals surface area contributed by atoms with Crippen LogP contribution in [-0.2, 0) is 6.54 Å². The van der Waals surface area contributed by atoms with Crippen LogP contribution in [0.2, 0.25) is 0 Å². The predicted molar refractivity (Wildman–Crippen MR) is 117 cm³/mol. The smallest absolute Gasteiger partial charge is 0.264 e. The standard InChI is InChI=1S/C22H25N5O2S/c28-21(19-5-3-18(4-6-19)16-26-9-7-23-17-26)24-8-10-25-11-13-27(14-12-25)22(29)20-2-1-15-30-20/h1-7,9,15,17H,8,10-14,16H2,(H,24,28). The van der Waals surface area contributed by atoms with E-state index in [2.05, 4.69) is 15.2 Å². The van der Waals surface area contributed by atoms with Gasteiger partial charge in [0.2, 0.25) is 0 Å². The Morgan fingerprint density at radius 3 is 2.53 bits per heavy atom. The summed E-state index contributed by atoms with van der Waals surface area (Å²) in [5.41, 5.74) is 1.79. The summed E-state index contributed by atoms with van der Waals surface area (Å²) in [7, 11) is 0. The van der Waals surface area contributed by atoms with E-state index in [1.54, 1.807) is 12.5 Å². The monoisotopic (exact) mass is 423 g/mol. The molecular weight excluding hydrogens is 398 g/mol. The van der Waals surface area contributed by atoms with Gasteiger partial charge in [0.05, 0.1) is 11.2 Å². The fourth-order valence-corrected chi connectivity index (χ4v) is 4.20. The lowest BCUT2D eigenvalue weighted by Crippen LogP contribution is -2.50. The van der Waals surface area contributed by atoms with Crippen molar-refractivity contribution >= 4 is 23.2 Å². The molecule has 1 aliphatic heterocycles. The van der Waals surface area contributed by atoms with Crippen molar-refractivity contribution in [2.24, 2.45) is 0 Å². The number of hydrogen-bond donors (Lipinski definition) is 1. The molecule has 4 rings (SSSR count). The zero-order chi connectivity index (χ0) is 20.8. The number of rotatable bonds is 7. The number of hydrogen-bond acceptors (Lipinski definition) is 5. The highest BCUT2D eigenvalue weighted by Gasteiger charge is 2.22. The molecule has 1 saturated heterocycles. The minimum atomic E-state index is -0.0595. The molecule has 0 saturated carbocycles. The topological polar surface area (TPSA) is 70.5 Å². The van der Waals surface area contributed by atoms with Crippen LogP contribution in [0, 0.1) is 0 Å². The highest BCUT2D eigenvalue weighted by Crippen LogP contribution is 2.13. The summed E-state index contributed by atoms with van der Waals surface area (Å²) in [4.78, 5) is 33.8. The zero-order valence-electron chi connectivity index (χ0n) is 16.7. The predicted octanol–water partition coefficient (Wildman–Crippen LogP) is 2.18. The Morgan fingerprint density at radius 2 is 1.87 bits per heavy atom. The number of carbonyl (C=O) groups is 2. The van der Waals surface area contributed by atoms with E-state index in [-0.39, 0.29) is 11.8 Å². The summed E-state index contributed by atoms with van der Waals surface area (Å²) in [5.74, 6) is 0.0603. The Hall–Kier alpha value is -2.97. The minimum Gasteiger partial charge on any atom is -0.351 e. The molecule has 1 fully saturated rings. The van der Waals surface area contributed by atoms with Crippen molar-refractivity contribution in [1.82, 2.24) is 24.7 Å². The van der Waals surface area contributed by atoms with Crippen LogP contribution in [0.1, 0.15) is 25.6 Å². The van der Waals surface area contributed by atoms with Gasteiger partial charge in [-0.25, -0.2) is 4.98 Å². The van der Waals surface area contributed by atoms with Gasteiger partial charge in [0, 0.05) is 63.8 Å². The Balaban J connectivity index is 1.17. The van der Waals surface area contributed by atoms with Crippen LogP contribution in [0.3, 0.4) is 0 Å². The quantitative estimate of drug-likeness (QED) is 0.632. The van der Waals surface area contributed by atoms with Crippen LogP contribution in [0.15, 0.2) is 60.5 Å². The van der Waals surface area contributed by atoms with Crippen LogP contribution in [0.5, 0.6) is 0 Å². The van der Waals surface area contributed by atoms with Crippen LogP contribution < -0.4 is 5.32 Å². The molecule has 0 aliphatic carbocycles. The number of thiophene rings is 1. The maximum absolute atomic E-state index is 12.4. The SMILES string of the molecule is O=C(NCCN1CCN(C(=O)c2cccs2)CC1)c1ccc(Cn2ccnc2)cc1. The third-order valence-electron chi connectivity index (χ3n) is 5.25. The number of amides is 2. The van der Waals surface area contributed by atoms with Gasteiger partial charge in [-0.1, -0.05) is 18.2 Å². The van der Waals surface area contributed by atoms with Crippen LogP contribution >= 0.6 is 11.3 Å². The van der Waals surface area contributed by atoms with Crippen LogP contribution in [0.25, 0.3) is 0 Å². The van der Waals surface area contributed by atoms with Gasteiger partial charge in [0.25, 0.3) is 11.8 Å². The van der Waals surface area contributed by atoms with Crippen molar-refractivity contribution in [3.05, 3.63) is 76.5 Å². The Kier molecular flexibility index (Phi) is 6.56. The molecule has 2 amide bonds. The first-order valence-electron chi connectivity index (χ1n) is 10.1. The lowest BCUT2D eigenvalue weighted by atomic mass is 10.1. The average molecular weight is 424 g/mol. The summed E-state index contributed by atoms with van der Waals surface area (Å²) >= 11 is 1.49. The Labute approximate surface area is 179 Å². The molecule has 3 aromatic rings. The molecule has 3 heterocycles. The first kappa shape index (κ1) is 20.3. The van der Waals surface area contributed by atoms with Crippen molar-refractivity contribution in [2.45, 2.75) is 6.54 Å². The average Bonchev–Trinajstić information content (AvgIpc) is 3.49. The number of nitrogens with zero attached hydrogens (tertiary/aromatic N) is 4. The van der Waals surface area contributed by atoms with Gasteiger partial charge < -0.3 is 14.8 Å². The second-order valence-electron chi connectivity index (χ2n) is 7.30. The van der Waals surface area contributed by atoms with E-state index in [0.717, 1.165) is 49.7 Å². The molecule has 1 N–H and O–H groups in total. The molecule has 0 bridgehead atoms. The van der Waals surface area contributed by atoms with Gasteiger partial charge in [-0.3, -0.25) is 14.5 Å². The summed E-state index contributed by atoms with van der Waals surface area (Å²) in [5, 5.41) is 4.92. The molecule has 8 heteroatoms. The maximum atomic E-state index is 12.4. The lowest BCUT2D eigenvalue weighted by Gasteiger charge is -2.34. The number of piperazine rings is 1. The van der Waals surface area contributed by atoms with Gasteiger partial charge in [-0.05, 0) is 29.1 Å². The fraction of sp³-hybridized carbons (Fsp3) is 0.318. The molecule has 0 spiro atoms. The highest BCUT2D eigenvalue weighted by atomic mass is 32.1. The number of carbonyl (C=O) groups excluding carboxylic acids is 2. The van der Waals surface area contributed by atoms with E-state index >= 15 is 0 Å². The molecule has 7 nitrogen and oxygen atoms in total. The largest absolute Gasteiger partial charge is 0.351 e. The first-order valence-corrected chi connectivity index (χ1v) is 10.9. The molecular formula is C22H25N5O2S. The van der Waals surface area contributed by atoms with E-state index in [1.807, 2.05) is 57.4 Å². The van der Waals surface area contributed by atoms with Crippen molar-refractivity contribution in [2.75, 3.05) is 39.3 Å². The van der Waals surface area contributed by atoms with E-state index in [4.69, 9.17) is 0 Å². The van der Waals surface area contributed by atoms with Crippen LogP contribution in [-0.4, -0.2) is 70.4 Å². The van der Waals surface area contributed by atoms with Crippen LogP contribution in [0.4, 0.5) is 0 Å². The molecule has 1 aliphatic rings. The number of aromatic nitrogens is 2.